The van der Waals surface area contributed by atoms with Crippen LogP contribution in [0.15, 0.2) is 46.9 Å². The summed E-state index contributed by atoms with van der Waals surface area (Å²) in [4.78, 5) is 12.3. The highest BCUT2D eigenvalue weighted by Crippen LogP contribution is 2.18. The van der Waals surface area contributed by atoms with Crippen molar-refractivity contribution in [3.05, 3.63) is 69.2 Å². The van der Waals surface area contributed by atoms with E-state index in [2.05, 4.69) is 35.0 Å². The van der Waals surface area contributed by atoms with Crippen LogP contribution in [0.25, 0.3) is 0 Å². The molecule has 0 saturated carbocycles. The van der Waals surface area contributed by atoms with Crippen LogP contribution in [0.2, 0.25) is 0 Å². The van der Waals surface area contributed by atoms with Gasteiger partial charge in [-0.05, 0) is 42.2 Å². The van der Waals surface area contributed by atoms with E-state index in [0.717, 1.165) is 27.6 Å². The monoisotopic (exact) mass is 316 g/mol. The summed E-state index contributed by atoms with van der Waals surface area (Å²) in [6, 6.07) is 14.1. The van der Waals surface area contributed by atoms with E-state index in [0.29, 0.717) is 6.42 Å². The maximum absolute atomic E-state index is 12.3. The van der Waals surface area contributed by atoms with Crippen molar-refractivity contribution in [1.29, 1.82) is 0 Å². The summed E-state index contributed by atoms with van der Waals surface area (Å²) in [5.74, 6) is 0.175. The van der Waals surface area contributed by atoms with Crippen LogP contribution < -0.4 is 0 Å². The Morgan fingerprint density at radius 2 is 1.68 bits per heavy atom. The van der Waals surface area contributed by atoms with Gasteiger partial charge in [0, 0.05) is 16.5 Å². The third-order valence-electron chi connectivity index (χ3n) is 3.28. The lowest BCUT2D eigenvalue weighted by Gasteiger charge is -2.06. The number of ketones is 1. The van der Waals surface area contributed by atoms with Crippen LogP contribution >= 0.6 is 15.9 Å². The Hall–Kier alpha value is -1.41. The number of aryl methyl sites for hydroxylation is 2. The number of carbonyl (C=O) groups excluding carboxylic acids is 1. The Morgan fingerprint density at radius 1 is 1.05 bits per heavy atom. The molecule has 0 aromatic heterocycles. The standard InChI is InChI=1S/C17H17BrO/c1-3-13-4-6-14(7-5-13)11-17(19)16-9-8-15(18)10-12(16)2/h4-10H,3,11H2,1-2H3. The van der Waals surface area contributed by atoms with E-state index in [1.165, 1.54) is 5.56 Å². The predicted molar refractivity (Wildman–Crippen MR) is 82.7 cm³/mol. The molecule has 0 fully saturated rings. The molecule has 0 heterocycles. The van der Waals surface area contributed by atoms with Crippen molar-refractivity contribution in [2.24, 2.45) is 0 Å². The first-order valence-corrected chi connectivity index (χ1v) is 7.26. The maximum Gasteiger partial charge on any atom is 0.167 e. The Balaban J connectivity index is 2.15. The topological polar surface area (TPSA) is 17.1 Å². The normalized spacial score (nSPS) is 10.5. The highest BCUT2D eigenvalue weighted by molar-refractivity contribution is 9.10. The lowest BCUT2D eigenvalue weighted by Crippen LogP contribution is -2.05. The fourth-order valence-corrected chi connectivity index (χ4v) is 2.59. The third kappa shape index (κ3) is 3.54. The SMILES string of the molecule is CCc1ccc(CC(=O)c2ccc(Br)cc2C)cc1. The lowest BCUT2D eigenvalue weighted by molar-refractivity contribution is 0.0992. The number of Topliss-reactive ketones (excluding diaryl/α,β-unsaturated/α-hetero) is 1. The van der Waals surface area contributed by atoms with E-state index in [-0.39, 0.29) is 5.78 Å². The van der Waals surface area contributed by atoms with Gasteiger partial charge in [-0.1, -0.05) is 53.2 Å². The predicted octanol–water partition coefficient (Wildman–Crippen LogP) is 4.75. The van der Waals surface area contributed by atoms with Crippen LogP contribution in [-0.4, -0.2) is 5.78 Å². The van der Waals surface area contributed by atoms with E-state index >= 15 is 0 Å². The molecule has 19 heavy (non-hydrogen) atoms. The van der Waals surface area contributed by atoms with Crippen molar-refractivity contribution in [3.8, 4) is 0 Å². The van der Waals surface area contributed by atoms with Crippen molar-refractivity contribution in [1.82, 2.24) is 0 Å². The molecule has 0 bridgehead atoms. The molecule has 0 aliphatic rings. The Morgan fingerprint density at radius 3 is 2.26 bits per heavy atom. The molecule has 1 nitrogen and oxygen atoms in total. The van der Waals surface area contributed by atoms with Gasteiger partial charge < -0.3 is 0 Å². The van der Waals surface area contributed by atoms with Crippen molar-refractivity contribution < 1.29 is 4.79 Å². The van der Waals surface area contributed by atoms with E-state index in [9.17, 15) is 4.79 Å². The average molecular weight is 317 g/mol. The largest absolute Gasteiger partial charge is 0.294 e. The zero-order chi connectivity index (χ0) is 13.8. The summed E-state index contributed by atoms with van der Waals surface area (Å²) in [5.41, 5.74) is 4.20. The summed E-state index contributed by atoms with van der Waals surface area (Å²) in [5, 5.41) is 0. The fraction of sp³-hybridized carbons (Fsp3) is 0.235. The molecule has 2 aromatic carbocycles. The number of carbonyl (C=O) groups is 1. The Bertz CT molecular complexity index is 585. The smallest absolute Gasteiger partial charge is 0.167 e. The molecule has 0 radical (unpaired) electrons. The van der Waals surface area contributed by atoms with E-state index in [1.54, 1.807) is 0 Å². The zero-order valence-electron chi connectivity index (χ0n) is 11.2. The Kier molecular flexibility index (Phi) is 4.54. The number of benzene rings is 2. The van der Waals surface area contributed by atoms with Gasteiger partial charge in [0.25, 0.3) is 0 Å². The highest BCUT2D eigenvalue weighted by Gasteiger charge is 2.10. The molecule has 98 valence electrons. The van der Waals surface area contributed by atoms with Gasteiger partial charge in [0.1, 0.15) is 0 Å². The molecular formula is C17H17BrO. The lowest BCUT2D eigenvalue weighted by atomic mass is 9.98. The average Bonchev–Trinajstić information content (AvgIpc) is 2.39. The number of hydrogen-bond acceptors (Lipinski definition) is 1. The second-order valence-electron chi connectivity index (χ2n) is 4.73. The van der Waals surface area contributed by atoms with Gasteiger partial charge in [0.2, 0.25) is 0 Å². The maximum atomic E-state index is 12.3. The van der Waals surface area contributed by atoms with E-state index in [1.807, 2.05) is 37.3 Å². The molecule has 2 heteroatoms. The molecule has 0 aliphatic carbocycles. The van der Waals surface area contributed by atoms with Crippen molar-refractivity contribution in [2.75, 3.05) is 0 Å². The van der Waals surface area contributed by atoms with Crippen LogP contribution in [0, 0.1) is 6.92 Å². The van der Waals surface area contributed by atoms with E-state index < -0.39 is 0 Å². The Labute approximate surface area is 122 Å². The number of rotatable bonds is 4. The first-order chi connectivity index (χ1) is 9.10. The van der Waals surface area contributed by atoms with Crippen LogP contribution in [0.4, 0.5) is 0 Å². The van der Waals surface area contributed by atoms with Crippen molar-refractivity contribution in [3.63, 3.8) is 0 Å². The van der Waals surface area contributed by atoms with Crippen LogP contribution in [0.5, 0.6) is 0 Å². The zero-order valence-corrected chi connectivity index (χ0v) is 12.8. The number of hydrogen-bond donors (Lipinski definition) is 0. The molecule has 0 N–H and O–H groups in total. The summed E-state index contributed by atoms with van der Waals surface area (Å²) in [6.07, 6.45) is 1.49. The first kappa shape index (κ1) is 14.0. The van der Waals surface area contributed by atoms with Crippen molar-refractivity contribution in [2.45, 2.75) is 26.7 Å². The molecule has 0 saturated heterocycles. The van der Waals surface area contributed by atoms with Gasteiger partial charge in [-0.15, -0.1) is 0 Å². The summed E-state index contributed by atoms with van der Waals surface area (Å²) < 4.78 is 1.01. The molecule has 0 spiro atoms. The number of halogens is 1. The minimum atomic E-state index is 0.175. The summed E-state index contributed by atoms with van der Waals surface area (Å²) in [6.45, 7) is 4.10. The van der Waals surface area contributed by atoms with Gasteiger partial charge in [-0.2, -0.15) is 0 Å². The van der Waals surface area contributed by atoms with Crippen molar-refractivity contribution >= 4 is 21.7 Å². The molecule has 2 rings (SSSR count). The van der Waals surface area contributed by atoms with E-state index in [4.69, 9.17) is 0 Å². The van der Waals surface area contributed by atoms with Crippen LogP contribution in [-0.2, 0) is 12.8 Å². The first-order valence-electron chi connectivity index (χ1n) is 6.47. The van der Waals surface area contributed by atoms with Gasteiger partial charge in [-0.3, -0.25) is 4.79 Å². The second-order valence-corrected chi connectivity index (χ2v) is 5.64. The summed E-state index contributed by atoms with van der Waals surface area (Å²) in [7, 11) is 0. The van der Waals surface area contributed by atoms with Crippen LogP contribution in [0.1, 0.15) is 34.0 Å². The van der Waals surface area contributed by atoms with Gasteiger partial charge >= 0.3 is 0 Å². The third-order valence-corrected chi connectivity index (χ3v) is 3.78. The molecule has 2 aromatic rings. The van der Waals surface area contributed by atoms with Gasteiger partial charge in [-0.25, -0.2) is 0 Å². The second kappa shape index (κ2) is 6.16. The minimum absolute atomic E-state index is 0.175. The molecule has 0 amide bonds. The van der Waals surface area contributed by atoms with Gasteiger partial charge in [0.15, 0.2) is 5.78 Å². The van der Waals surface area contributed by atoms with Crippen LogP contribution in [0.3, 0.4) is 0 Å². The fourth-order valence-electron chi connectivity index (χ4n) is 2.11. The quantitative estimate of drug-likeness (QED) is 0.744. The summed E-state index contributed by atoms with van der Waals surface area (Å²) >= 11 is 3.42. The molecular weight excluding hydrogens is 300 g/mol. The highest BCUT2D eigenvalue weighted by atomic mass is 79.9. The minimum Gasteiger partial charge on any atom is -0.294 e. The molecule has 0 unspecified atom stereocenters. The molecule has 0 aliphatic heterocycles. The van der Waals surface area contributed by atoms with Gasteiger partial charge in [0.05, 0.1) is 0 Å². The molecule has 0 atom stereocenters.